The van der Waals surface area contributed by atoms with Crippen LogP contribution >= 0.6 is 0 Å². The van der Waals surface area contributed by atoms with Gasteiger partial charge in [0.15, 0.2) is 5.96 Å². The molecule has 2 N–H and O–H groups in total. The van der Waals surface area contributed by atoms with Crippen LogP contribution in [0.3, 0.4) is 0 Å². The molecule has 0 atom stereocenters. The number of aromatic nitrogens is 1. The van der Waals surface area contributed by atoms with E-state index in [1.54, 1.807) is 6.26 Å². The van der Waals surface area contributed by atoms with Crippen LogP contribution in [-0.2, 0) is 6.42 Å². The Balaban J connectivity index is 1.46. The molecule has 0 radical (unpaired) electrons. The first kappa shape index (κ1) is 18.5. The zero-order valence-electron chi connectivity index (χ0n) is 16.1. The maximum Gasteiger partial charge on any atom is 0.226 e. The van der Waals surface area contributed by atoms with E-state index in [2.05, 4.69) is 46.6 Å². The van der Waals surface area contributed by atoms with Gasteiger partial charge in [0.1, 0.15) is 6.26 Å². The molecule has 26 heavy (non-hydrogen) atoms. The normalized spacial score (nSPS) is 16.2. The molecule has 1 fully saturated rings. The van der Waals surface area contributed by atoms with Gasteiger partial charge in [0.05, 0.1) is 5.69 Å². The molecule has 1 aromatic heterocycles. The topological polar surface area (TPSA) is 62.5 Å². The van der Waals surface area contributed by atoms with Crippen molar-refractivity contribution in [1.29, 1.82) is 0 Å². The van der Waals surface area contributed by atoms with Gasteiger partial charge in [-0.3, -0.25) is 4.99 Å². The summed E-state index contributed by atoms with van der Waals surface area (Å²) in [6.07, 6.45) is 7.79. The van der Waals surface area contributed by atoms with Gasteiger partial charge in [0, 0.05) is 32.1 Å². The first-order valence-electron chi connectivity index (χ1n) is 9.60. The number of nitrogens with one attached hydrogen (secondary N) is 2. The van der Waals surface area contributed by atoms with Crippen LogP contribution in [0, 0.1) is 12.3 Å². The van der Waals surface area contributed by atoms with E-state index in [9.17, 15) is 0 Å². The lowest BCUT2D eigenvalue weighted by atomic mass is 9.67. The van der Waals surface area contributed by atoms with E-state index in [1.807, 2.05) is 19.2 Å². The lowest BCUT2D eigenvalue weighted by Gasteiger charge is -2.41. The maximum absolute atomic E-state index is 5.62. The summed E-state index contributed by atoms with van der Waals surface area (Å²) >= 11 is 0. The van der Waals surface area contributed by atoms with Gasteiger partial charge in [-0.25, -0.2) is 4.98 Å². The summed E-state index contributed by atoms with van der Waals surface area (Å²) in [6, 6.07) is 8.22. The predicted molar refractivity (Wildman–Crippen MR) is 106 cm³/mol. The van der Waals surface area contributed by atoms with Crippen LogP contribution in [0.4, 0.5) is 0 Å². The number of benzene rings is 1. The average molecular weight is 354 g/mol. The number of hydrogen-bond acceptors (Lipinski definition) is 3. The highest BCUT2D eigenvalue weighted by Gasteiger charge is 2.34. The Hall–Kier alpha value is -2.30. The minimum Gasteiger partial charge on any atom is -0.444 e. The van der Waals surface area contributed by atoms with Gasteiger partial charge in [-0.15, -0.1) is 0 Å². The molecule has 1 heterocycles. The number of nitrogens with zero attached hydrogens (tertiary/aromatic N) is 2. The van der Waals surface area contributed by atoms with Gasteiger partial charge in [0.2, 0.25) is 5.89 Å². The largest absolute Gasteiger partial charge is 0.444 e. The van der Waals surface area contributed by atoms with Crippen LogP contribution in [-0.4, -0.2) is 31.1 Å². The number of aliphatic imine (C=N–C) groups is 1. The number of oxazole rings is 1. The van der Waals surface area contributed by atoms with Crippen LogP contribution < -0.4 is 10.6 Å². The fraction of sp³-hybridized carbons (Fsp3) is 0.524. The number of guanidine groups is 1. The zero-order chi connectivity index (χ0) is 18.4. The van der Waals surface area contributed by atoms with Gasteiger partial charge in [-0.05, 0) is 43.7 Å². The number of rotatable bonds is 7. The molecule has 2 aromatic rings. The van der Waals surface area contributed by atoms with Crippen molar-refractivity contribution in [2.24, 2.45) is 10.4 Å². The predicted octanol–water partition coefficient (Wildman–Crippen LogP) is 3.94. The van der Waals surface area contributed by atoms with Crippen LogP contribution in [0.15, 0.2) is 39.9 Å². The third kappa shape index (κ3) is 4.45. The summed E-state index contributed by atoms with van der Waals surface area (Å²) in [5, 5.41) is 6.86. The van der Waals surface area contributed by atoms with Crippen molar-refractivity contribution < 1.29 is 4.42 Å². The molecule has 140 valence electrons. The summed E-state index contributed by atoms with van der Waals surface area (Å²) < 4.78 is 5.62. The molecule has 1 aliphatic rings. The molecular formula is C21H30N4O. The fourth-order valence-corrected chi connectivity index (χ4v) is 3.38. The van der Waals surface area contributed by atoms with Crippen LogP contribution in [0.5, 0.6) is 0 Å². The second-order valence-corrected chi connectivity index (χ2v) is 7.32. The second kappa shape index (κ2) is 8.39. The van der Waals surface area contributed by atoms with Crippen molar-refractivity contribution in [2.75, 3.05) is 20.1 Å². The zero-order valence-corrected chi connectivity index (χ0v) is 16.1. The summed E-state index contributed by atoms with van der Waals surface area (Å²) in [6.45, 7) is 6.14. The first-order valence-corrected chi connectivity index (χ1v) is 9.60. The Bertz CT molecular complexity index is 723. The monoisotopic (exact) mass is 354 g/mol. The molecular weight excluding hydrogens is 324 g/mol. The van der Waals surface area contributed by atoms with E-state index in [-0.39, 0.29) is 0 Å². The van der Waals surface area contributed by atoms with Crippen molar-refractivity contribution in [2.45, 2.75) is 46.0 Å². The van der Waals surface area contributed by atoms with E-state index in [4.69, 9.17) is 4.42 Å². The summed E-state index contributed by atoms with van der Waals surface area (Å²) in [5.74, 6) is 1.55. The Morgan fingerprint density at radius 3 is 2.62 bits per heavy atom. The highest BCUT2D eigenvalue weighted by molar-refractivity contribution is 5.79. The minimum atomic E-state index is 0.479. The minimum absolute atomic E-state index is 0.479. The molecule has 0 bridgehead atoms. The van der Waals surface area contributed by atoms with Gasteiger partial charge in [0.25, 0.3) is 0 Å². The molecule has 0 unspecified atom stereocenters. The van der Waals surface area contributed by atoms with Crippen LogP contribution in [0.25, 0.3) is 11.5 Å². The average Bonchev–Trinajstić information content (AvgIpc) is 3.09. The molecule has 0 spiro atoms. The standard InChI is InChI=1S/C21H30N4O/c1-4-21(11-5-12-21)15-24-20(22-3)23-13-10-18-14-26-19(25-18)17-8-6-16(2)7-9-17/h6-9,14H,4-5,10-13,15H2,1-3H3,(H2,22,23,24). The van der Waals surface area contributed by atoms with E-state index in [1.165, 1.54) is 31.2 Å². The Kier molecular flexibility index (Phi) is 5.96. The highest BCUT2D eigenvalue weighted by atomic mass is 16.3. The van der Waals surface area contributed by atoms with Crippen molar-refractivity contribution in [3.63, 3.8) is 0 Å². The van der Waals surface area contributed by atoms with Crippen LogP contribution in [0.1, 0.15) is 43.9 Å². The third-order valence-electron chi connectivity index (χ3n) is 5.54. The molecule has 1 saturated carbocycles. The Morgan fingerprint density at radius 2 is 2.00 bits per heavy atom. The van der Waals surface area contributed by atoms with E-state index in [0.717, 1.165) is 36.7 Å². The highest BCUT2D eigenvalue weighted by Crippen LogP contribution is 2.42. The van der Waals surface area contributed by atoms with Crippen molar-refractivity contribution >= 4 is 5.96 Å². The molecule has 1 aromatic carbocycles. The van der Waals surface area contributed by atoms with Gasteiger partial charge < -0.3 is 15.1 Å². The second-order valence-electron chi connectivity index (χ2n) is 7.32. The summed E-state index contributed by atoms with van der Waals surface area (Å²) in [4.78, 5) is 8.91. The van der Waals surface area contributed by atoms with E-state index < -0.39 is 0 Å². The molecule has 5 heteroatoms. The fourth-order valence-electron chi connectivity index (χ4n) is 3.38. The smallest absolute Gasteiger partial charge is 0.226 e. The molecule has 0 aliphatic heterocycles. The Morgan fingerprint density at radius 1 is 1.23 bits per heavy atom. The van der Waals surface area contributed by atoms with Gasteiger partial charge in [-0.2, -0.15) is 0 Å². The van der Waals surface area contributed by atoms with Gasteiger partial charge in [-0.1, -0.05) is 31.0 Å². The third-order valence-corrected chi connectivity index (χ3v) is 5.54. The van der Waals surface area contributed by atoms with Gasteiger partial charge >= 0.3 is 0 Å². The van der Waals surface area contributed by atoms with Crippen molar-refractivity contribution in [3.8, 4) is 11.5 Å². The lowest BCUT2D eigenvalue weighted by Crippen LogP contribution is -2.46. The SMILES string of the molecule is CCC1(CNC(=NC)NCCc2coc(-c3ccc(C)cc3)n2)CCC1. The summed E-state index contributed by atoms with van der Waals surface area (Å²) in [5.41, 5.74) is 3.67. The molecule has 5 nitrogen and oxygen atoms in total. The number of aryl methyl sites for hydroxylation is 1. The lowest BCUT2D eigenvalue weighted by molar-refractivity contribution is 0.131. The quantitative estimate of drug-likeness (QED) is 0.584. The first-order chi connectivity index (χ1) is 12.6. The van der Waals surface area contributed by atoms with Crippen molar-refractivity contribution in [3.05, 3.63) is 41.8 Å². The van der Waals surface area contributed by atoms with E-state index >= 15 is 0 Å². The molecule has 3 rings (SSSR count). The Labute approximate surface area is 156 Å². The molecule has 0 amide bonds. The van der Waals surface area contributed by atoms with Crippen LogP contribution in [0.2, 0.25) is 0 Å². The summed E-state index contributed by atoms with van der Waals surface area (Å²) in [7, 11) is 1.82. The van der Waals surface area contributed by atoms with Crippen molar-refractivity contribution in [1.82, 2.24) is 15.6 Å². The molecule has 0 saturated heterocycles. The number of hydrogen-bond donors (Lipinski definition) is 2. The van der Waals surface area contributed by atoms with E-state index in [0.29, 0.717) is 11.3 Å². The maximum atomic E-state index is 5.62. The molecule has 1 aliphatic carbocycles.